The minimum absolute atomic E-state index is 0.0260. The van der Waals surface area contributed by atoms with Gasteiger partial charge in [0.1, 0.15) is 23.9 Å². The highest BCUT2D eigenvalue weighted by Gasteiger charge is 2.10. The van der Waals surface area contributed by atoms with Crippen molar-refractivity contribution in [1.29, 1.82) is 0 Å². The monoisotopic (exact) mass is 512 g/mol. The average molecular weight is 513 g/mol. The molecular formula is C32H48O5. The third-order valence-electron chi connectivity index (χ3n) is 6.28. The summed E-state index contributed by atoms with van der Waals surface area (Å²) >= 11 is 0. The zero-order valence-corrected chi connectivity index (χ0v) is 23.3. The van der Waals surface area contributed by atoms with Gasteiger partial charge < -0.3 is 18.9 Å². The molecule has 0 amide bonds. The van der Waals surface area contributed by atoms with Gasteiger partial charge in [0.05, 0.1) is 18.3 Å². The molecule has 5 heteroatoms. The molecule has 0 saturated carbocycles. The predicted molar refractivity (Wildman–Crippen MR) is 151 cm³/mol. The molecule has 0 aliphatic heterocycles. The van der Waals surface area contributed by atoms with Crippen LogP contribution in [-0.4, -0.2) is 31.9 Å². The van der Waals surface area contributed by atoms with Gasteiger partial charge in [-0.25, -0.2) is 4.79 Å². The number of carbonyl (C=O) groups is 1. The molecule has 0 fully saturated rings. The van der Waals surface area contributed by atoms with Crippen LogP contribution < -0.4 is 14.2 Å². The van der Waals surface area contributed by atoms with E-state index in [-0.39, 0.29) is 6.10 Å². The van der Waals surface area contributed by atoms with Crippen LogP contribution in [0.1, 0.15) is 108 Å². The SMILES string of the molecule is CCCCCCCCOc1ccc(OC(=O)c2ccc(OCC(C)OCCCCCCCC)cc2)cc1. The average Bonchev–Trinajstić information content (AvgIpc) is 2.92. The Labute approximate surface area is 224 Å². The third kappa shape index (κ3) is 14.1. The quantitative estimate of drug-likeness (QED) is 0.0950. The van der Waals surface area contributed by atoms with Gasteiger partial charge in [0.2, 0.25) is 0 Å². The zero-order chi connectivity index (χ0) is 26.6. The molecule has 0 aliphatic rings. The van der Waals surface area contributed by atoms with Crippen molar-refractivity contribution in [1.82, 2.24) is 0 Å². The summed E-state index contributed by atoms with van der Waals surface area (Å²) in [4.78, 5) is 12.5. The summed E-state index contributed by atoms with van der Waals surface area (Å²) in [6.45, 7) is 8.45. The number of unbranched alkanes of at least 4 members (excludes halogenated alkanes) is 10. The van der Waals surface area contributed by atoms with Crippen molar-refractivity contribution in [3.63, 3.8) is 0 Å². The van der Waals surface area contributed by atoms with Gasteiger partial charge in [-0.05, 0) is 68.3 Å². The number of carbonyl (C=O) groups excluding carboxylic acids is 1. The molecule has 0 saturated heterocycles. The summed E-state index contributed by atoms with van der Waals surface area (Å²) in [7, 11) is 0. The van der Waals surface area contributed by atoms with Gasteiger partial charge in [-0.15, -0.1) is 0 Å². The van der Waals surface area contributed by atoms with E-state index in [1.165, 1.54) is 64.2 Å². The molecule has 37 heavy (non-hydrogen) atoms. The van der Waals surface area contributed by atoms with E-state index in [1.54, 1.807) is 36.4 Å². The van der Waals surface area contributed by atoms with Gasteiger partial charge in [-0.2, -0.15) is 0 Å². The smallest absolute Gasteiger partial charge is 0.343 e. The van der Waals surface area contributed by atoms with Gasteiger partial charge in [0.15, 0.2) is 0 Å². The summed E-state index contributed by atoms with van der Waals surface area (Å²) in [5, 5.41) is 0. The summed E-state index contributed by atoms with van der Waals surface area (Å²) in [6, 6.07) is 14.2. The lowest BCUT2D eigenvalue weighted by atomic mass is 10.1. The largest absolute Gasteiger partial charge is 0.494 e. The van der Waals surface area contributed by atoms with Gasteiger partial charge >= 0.3 is 5.97 Å². The fraction of sp³-hybridized carbons (Fsp3) is 0.594. The lowest BCUT2D eigenvalue weighted by Gasteiger charge is -2.14. The summed E-state index contributed by atoms with van der Waals surface area (Å²) < 4.78 is 23.0. The molecule has 0 radical (unpaired) electrons. The molecule has 2 rings (SSSR count). The standard InChI is InChI=1S/C32H48O5/c1-4-6-8-10-12-14-24-34-27(3)26-36-30-18-16-28(17-19-30)32(33)37-31-22-20-29(21-23-31)35-25-15-13-11-9-7-5-2/h16-23,27H,4-15,24-26H2,1-3H3. The molecule has 0 bridgehead atoms. The van der Waals surface area contributed by atoms with E-state index < -0.39 is 5.97 Å². The second-order valence-corrected chi connectivity index (χ2v) is 9.76. The van der Waals surface area contributed by atoms with E-state index in [0.717, 1.165) is 25.2 Å². The highest BCUT2D eigenvalue weighted by atomic mass is 16.5. The Morgan fingerprint density at radius 1 is 0.622 bits per heavy atom. The van der Waals surface area contributed by atoms with Crippen molar-refractivity contribution in [2.75, 3.05) is 19.8 Å². The predicted octanol–water partition coefficient (Wildman–Crippen LogP) is 8.79. The molecule has 1 atom stereocenters. The molecule has 2 aromatic carbocycles. The molecule has 1 unspecified atom stereocenters. The summed E-state index contributed by atoms with van der Waals surface area (Å²) in [5.74, 6) is 1.59. The van der Waals surface area contributed by atoms with Crippen LogP contribution in [0.25, 0.3) is 0 Å². The Balaban J connectivity index is 1.63. The highest BCUT2D eigenvalue weighted by Crippen LogP contribution is 2.20. The summed E-state index contributed by atoms with van der Waals surface area (Å²) in [5.41, 5.74) is 0.475. The van der Waals surface area contributed by atoms with Crippen molar-refractivity contribution >= 4 is 5.97 Å². The molecule has 2 aromatic rings. The van der Waals surface area contributed by atoms with Crippen LogP contribution >= 0.6 is 0 Å². The van der Waals surface area contributed by atoms with Crippen molar-refractivity contribution in [2.24, 2.45) is 0 Å². The van der Waals surface area contributed by atoms with Gasteiger partial charge in [-0.1, -0.05) is 78.1 Å². The molecule has 206 valence electrons. The van der Waals surface area contributed by atoms with Crippen LogP contribution in [-0.2, 0) is 4.74 Å². The van der Waals surface area contributed by atoms with Crippen LogP contribution in [0.5, 0.6) is 17.2 Å². The van der Waals surface area contributed by atoms with Gasteiger partial charge in [0.25, 0.3) is 0 Å². The normalized spacial score (nSPS) is 11.8. The molecular weight excluding hydrogens is 464 g/mol. The van der Waals surface area contributed by atoms with Crippen LogP contribution in [0.4, 0.5) is 0 Å². The minimum Gasteiger partial charge on any atom is -0.494 e. The topological polar surface area (TPSA) is 54.0 Å². The second-order valence-electron chi connectivity index (χ2n) is 9.76. The molecule has 5 nitrogen and oxygen atoms in total. The number of esters is 1. The Morgan fingerprint density at radius 2 is 1.11 bits per heavy atom. The maximum atomic E-state index is 12.5. The van der Waals surface area contributed by atoms with Crippen LogP contribution in [0.15, 0.2) is 48.5 Å². The number of ether oxygens (including phenoxy) is 4. The van der Waals surface area contributed by atoms with E-state index >= 15 is 0 Å². The van der Waals surface area contributed by atoms with Crippen molar-refractivity contribution in [3.05, 3.63) is 54.1 Å². The lowest BCUT2D eigenvalue weighted by Crippen LogP contribution is -2.18. The molecule has 0 aliphatic carbocycles. The fourth-order valence-corrected chi connectivity index (χ4v) is 3.96. The Bertz CT molecular complexity index is 831. The summed E-state index contributed by atoms with van der Waals surface area (Å²) in [6.07, 6.45) is 15.0. The van der Waals surface area contributed by atoms with Crippen LogP contribution in [0.3, 0.4) is 0 Å². The Hall–Kier alpha value is -2.53. The molecule has 0 heterocycles. The highest BCUT2D eigenvalue weighted by molar-refractivity contribution is 5.91. The third-order valence-corrected chi connectivity index (χ3v) is 6.28. The van der Waals surface area contributed by atoms with Crippen LogP contribution in [0, 0.1) is 0 Å². The number of hydrogen-bond acceptors (Lipinski definition) is 5. The first kappa shape index (κ1) is 30.7. The molecule has 0 aromatic heterocycles. The zero-order valence-electron chi connectivity index (χ0n) is 23.3. The van der Waals surface area contributed by atoms with Crippen molar-refractivity contribution in [3.8, 4) is 17.2 Å². The van der Waals surface area contributed by atoms with Gasteiger partial charge in [-0.3, -0.25) is 0 Å². The van der Waals surface area contributed by atoms with E-state index in [9.17, 15) is 4.79 Å². The fourth-order valence-electron chi connectivity index (χ4n) is 3.96. The van der Waals surface area contributed by atoms with Crippen LogP contribution in [0.2, 0.25) is 0 Å². The van der Waals surface area contributed by atoms with Crippen molar-refractivity contribution in [2.45, 2.75) is 104 Å². The second kappa shape index (κ2) is 19.6. The van der Waals surface area contributed by atoms with Crippen molar-refractivity contribution < 1.29 is 23.7 Å². The van der Waals surface area contributed by atoms with Gasteiger partial charge in [0, 0.05) is 6.61 Å². The Morgan fingerprint density at radius 3 is 1.73 bits per heavy atom. The lowest BCUT2D eigenvalue weighted by molar-refractivity contribution is 0.0302. The van der Waals surface area contributed by atoms with E-state index in [0.29, 0.717) is 30.3 Å². The maximum absolute atomic E-state index is 12.5. The molecule has 0 spiro atoms. The molecule has 0 N–H and O–H groups in total. The van der Waals surface area contributed by atoms with E-state index in [2.05, 4.69) is 13.8 Å². The first-order valence-corrected chi connectivity index (χ1v) is 14.4. The first-order chi connectivity index (χ1) is 18.1. The maximum Gasteiger partial charge on any atom is 0.343 e. The Kier molecular flexibility index (Phi) is 16.2. The number of hydrogen-bond donors (Lipinski definition) is 0. The van der Waals surface area contributed by atoms with E-state index in [4.69, 9.17) is 18.9 Å². The van der Waals surface area contributed by atoms with E-state index in [1.807, 2.05) is 19.1 Å². The number of rotatable bonds is 21. The number of benzene rings is 2. The first-order valence-electron chi connectivity index (χ1n) is 14.4. The minimum atomic E-state index is -0.400.